The van der Waals surface area contributed by atoms with Crippen molar-refractivity contribution in [2.24, 2.45) is 23.0 Å². The topological polar surface area (TPSA) is 120 Å². The summed E-state index contributed by atoms with van der Waals surface area (Å²) in [5.74, 6) is -4.61. The lowest BCUT2D eigenvalue weighted by Gasteiger charge is -2.46. The number of alkyl halides is 2. The summed E-state index contributed by atoms with van der Waals surface area (Å²) in [7, 11) is 0. The number of amides is 4. The molecule has 2 atom stereocenters. The number of urea groups is 1. The highest BCUT2D eigenvalue weighted by atomic mass is 19.3. The van der Waals surface area contributed by atoms with E-state index < -0.39 is 47.2 Å². The second-order valence-corrected chi connectivity index (χ2v) is 10.4. The van der Waals surface area contributed by atoms with Crippen LogP contribution in [0.2, 0.25) is 0 Å². The quantitative estimate of drug-likeness (QED) is 0.615. The van der Waals surface area contributed by atoms with E-state index in [1.165, 1.54) is 4.90 Å². The summed E-state index contributed by atoms with van der Waals surface area (Å²) in [6, 6.07) is 0.850. The molecule has 4 amide bonds. The molecule has 10 heteroatoms. The Labute approximate surface area is 186 Å². The van der Waals surface area contributed by atoms with Crippen molar-refractivity contribution in [2.75, 3.05) is 19.6 Å². The molecule has 0 radical (unpaired) electrons. The Morgan fingerprint density at radius 1 is 1.28 bits per heavy atom. The summed E-state index contributed by atoms with van der Waals surface area (Å²) >= 11 is 0. The maximum Gasteiger partial charge on any atom is 0.314 e. The first-order valence-electron chi connectivity index (χ1n) is 11.4. The second-order valence-electron chi connectivity index (χ2n) is 10.4. The van der Waals surface area contributed by atoms with Gasteiger partial charge in [0.15, 0.2) is 0 Å². The van der Waals surface area contributed by atoms with Crippen LogP contribution >= 0.6 is 0 Å². The SMILES string of the molecule is CC(F)(F)C[C@H](C(=O)NC1(C#N)CC1)C1N(CC2CC2)C(=O)CC12CCN(C(N)=O)CC2. The van der Waals surface area contributed by atoms with Crippen molar-refractivity contribution >= 4 is 17.8 Å². The molecule has 1 spiro atoms. The van der Waals surface area contributed by atoms with Gasteiger partial charge < -0.3 is 20.9 Å². The third-order valence-electron chi connectivity index (χ3n) is 7.63. The van der Waals surface area contributed by atoms with Crippen LogP contribution in [0.1, 0.15) is 58.3 Å². The summed E-state index contributed by atoms with van der Waals surface area (Å²) in [5, 5.41) is 12.1. The monoisotopic (exact) mass is 451 g/mol. The van der Waals surface area contributed by atoms with Crippen LogP contribution in [-0.4, -0.2) is 64.8 Å². The molecular weight excluding hydrogens is 420 g/mol. The number of likely N-dealkylation sites (tertiary alicyclic amines) is 2. The molecule has 2 saturated heterocycles. The molecule has 4 aliphatic rings. The van der Waals surface area contributed by atoms with Crippen LogP contribution in [0, 0.1) is 28.6 Å². The van der Waals surface area contributed by atoms with Gasteiger partial charge in [0, 0.05) is 43.9 Å². The number of carbonyl (C=O) groups excluding carboxylic acids is 3. The zero-order valence-electron chi connectivity index (χ0n) is 18.4. The number of primary amides is 1. The van der Waals surface area contributed by atoms with E-state index in [0.29, 0.717) is 51.2 Å². The number of nitrogens with zero attached hydrogens (tertiary/aromatic N) is 3. The lowest BCUT2D eigenvalue weighted by Crippen LogP contribution is -2.57. The minimum Gasteiger partial charge on any atom is -0.351 e. The number of halogens is 2. The molecule has 4 rings (SSSR count). The normalized spacial score (nSPS) is 27.2. The summed E-state index contributed by atoms with van der Waals surface area (Å²) in [4.78, 5) is 41.3. The number of nitrogens with one attached hydrogen (secondary N) is 1. The summed E-state index contributed by atoms with van der Waals surface area (Å²) in [6.45, 7) is 1.91. The maximum atomic E-state index is 14.3. The standard InChI is InChI=1S/C22H31F2N5O3/c1-20(23,24)10-15(18(31)27-22(13-25)4-5-22)17-21(6-8-28(9-7-21)19(26)32)11-16(30)29(17)12-14-2-3-14/h14-15,17H,2-12H2,1H3,(H2,26,32)(H,27,31)/t15-,17?/m0/s1. The van der Waals surface area contributed by atoms with Crippen LogP contribution in [0.25, 0.3) is 0 Å². The fourth-order valence-corrected chi connectivity index (χ4v) is 5.53. The Balaban J connectivity index is 1.67. The van der Waals surface area contributed by atoms with Gasteiger partial charge in [0.1, 0.15) is 5.54 Å². The molecule has 3 N–H and O–H groups in total. The zero-order valence-corrected chi connectivity index (χ0v) is 18.4. The highest BCUT2D eigenvalue weighted by Crippen LogP contribution is 2.52. The van der Waals surface area contributed by atoms with Crippen molar-refractivity contribution in [1.29, 1.82) is 5.26 Å². The fourth-order valence-electron chi connectivity index (χ4n) is 5.53. The van der Waals surface area contributed by atoms with Crippen molar-refractivity contribution < 1.29 is 23.2 Å². The smallest absolute Gasteiger partial charge is 0.314 e. The van der Waals surface area contributed by atoms with E-state index in [1.54, 1.807) is 4.90 Å². The number of rotatable bonds is 7. The average Bonchev–Trinajstić information content (AvgIpc) is 3.62. The van der Waals surface area contributed by atoms with E-state index in [1.807, 2.05) is 0 Å². The Hall–Kier alpha value is -2.44. The first kappa shape index (κ1) is 22.7. The van der Waals surface area contributed by atoms with E-state index in [-0.39, 0.29) is 12.3 Å². The van der Waals surface area contributed by atoms with Crippen LogP contribution in [0.15, 0.2) is 0 Å². The Kier molecular flexibility index (Phi) is 5.58. The molecular formula is C22H31F2N5O3. The molecule has 0 aromatic rings. The lowest BCUT2D eigenvalue weighted by atomic mass is 9.67. The predicted molar refractivity (Wildman–Crippen MR) is 110 cm³/mol. The molecule has 1 unspecified atom stereocenters. The Morgan fingerprint density at radius 3 is 2.38 bits per heavy atom. The van der Waals surface area contributed by atoms with E-state index >= 15 is 0 Å². The van der Waals surface area contributed by atoms with Gasteiger partial charge in [0.05, 0.1) is 12.0 Å². The number of hydrogen-bond donors (Lipinski definition) is 2. The highest BCUT2D eigenvalue weighted by Gasteiger charge is 2.59. The number of nitrogens with two attached hydrogens (primary N) is 1. The van der Waals surface area contributed by atoms with Gasteiger partial charge in [-0.2, -0.15) is 5.26 Å². The minimum absolute atomic E-state index is 0.118. The van der Waals surface area contributed by atoms with Crippen LogP contribution in [0.5, 0.6) is 0 Å². The largest absolute Gasteiger partial charge is 0.351 e. The van der Waals surface area contributed by atoms with Crippen molar-refractivity contribution in [3.63, 3.8) is 0 Å². The van der Waals surface area contributed by atoms with Gasteiger partial charge in [-0.3, -0.25) is 9.59 Å². The fraction of sp³-hybridized carbons (Fsp3) is 0.818. The van der Waals surface area contributed by atoms with E-state index in [2.05, 4.69) is 11.4 Å². The number of hydrogen-bond acceptors (Lipinski definition) is 4. The molecule has 32 heavy (non-hydrogen) atoms. The molecule has 8 nitrogen and oxygen atoms in total. The Bertz CT molecular complexity index is 835. The summed E-state index contributed by atoms with van der Waals surface area (Å²) in [6.07, 6.45) is 3.30. The molecule has 2 heterocycles. The first-order valence-corrected chi connectivity index (χ1v) is 11.4. The number of carbonyl (C=O) groups is 3. The van der Waals surface area contributed by atoms with Crippen molar-refractivity contribution in [2.45, 2.75) is 75.8 Å². The predicted octanol–water partition coefficient (Wildman–Crippen LogP) is 1.99. The van der Waals surface area contributed by atoms with Gasteiger partial charge in [-0.05, 0) is 51.4 Å². The molecule has 0 aromatic carbocycles. The third-order valence-corrected chi connectivity index (χ3v) is 7.63. The second kappa shape index (κ2) is 7.85. The zero-order chi connectivity index (χ0) is 23.3. The number of nitriles is 1. The van der Waals surface area contributed by atoms with E-state index in [9.17, 15) is 28.4 Å². The molecule has 176 valence electrons. The van der Waals surface area contributed by atoms with Crippen molar-refractivity contribution in [1.82, 2.24) is 15.1 Å². The minimum atomic E-state index is -3.11. The molecule has 0 bridgehead atoms. The van der Waals surface area contributed by atoms with Gasteiger partial charge in [-0.1, -0.05) is 0 Å². The first-order chi connectivity index (χ1) is 15.0. The Morgan fingerprint density at radius 2 is 1.91 bits per heavy atom. The molecule has 4 fully saturated rings. The van der Waals surface area contributed by atoms with Gasteiger partial charge in [-0.25, -0.2) is 13.6 Å². The molecule has 0 aromatic heterocycles. The van der Waals surface area contributed by atoms with Crippen molar-refractivity contribution in [3.05, 3.63) is 0 Å². The van der Waals surface area contributed by atoms with Crippen LogP contribution in [-0.2, 0) is 9.59 Å². The van der Waals surface area contributed by atoms with Gasteiger partial charge in [-0.15, -0.1) is 0 Å². The van der Waals surface area contributed by atoms with Crippen LogP contribution in [0.4, 0.5) is 13.6 Å². The van der Waals surface area contributed by atoms with Gasteiger partial charge >= 0.3 is 6.03 Å². The molecule has 2 aliphatic carbocycles. The molecule has 2 saturated carbocycles. The highest BCUT2D eigenvalue weighted by molar-refractivity contribution is 5.86. The van der Waals surface area contributed by atoms with Crippen LogP contribution in [0.3, 0.4) is 0 Å². The summed E-state index contributed by atoms with van der Waals surface area (Å²) < 4.78 is 28.6. The van der Waals surface area contributed by atoms with Gasteiger partial charge in [0.2, 0.25) is 17.7 Å². The number of piperidine rings is 1. The van der Waals surface area contributed by atoms with E-state index in [4.69, 9.17) is 5.73 Å². The molecule has 2 aliphatic heterocycles. The van der Waals surface area contributed by atoms with E-state index in [0.717, 1.165) is 19.8 Å². The van der Waals surface area contributed by atoms with Crippen LogP contribution < -0.4 is 11.1 Å². The lowest BCUT2D eigenvalue weighted by molar-refractivity contribution is -0.137. The van der Waals surface area contributed by atoms with Crippen molar-refractivity contribution in [3.8, 4) is 6.07 Å². The summed E-state index contributed by atoms with van der Waals surface area (Å²) in [5.41, 5.74) is 3.76. The van der Waals surface area contributed by atoms with Gasteiger partial charge in [0.25, 0.3) is 0 Å². The third kappa shape index (κ3) is 4.52. The average molecular weight is 452 g/mol. The maximum absolute atomic E-state index is 14.3.